The van der Waals surface area contributed by atoms with Crippen LogP contribution in [0, 0.1) is 0 Å². The fraction of sp³-hybridized carbons (Fsp3) is 0.933. The van der Waals surface area contributed by atoms with Gasteiger partial charge in [0, 0.05) is 20.8 Å². The van der Waals surface area contributed by atoms with Gasteiger partial charge in [-0.1, -0.05) is 0 Å². The van der Waals surface area contributed by atoms with Crippen molar-refractivity contribution in [2.75, 3.05) is 40.6 Å². The molecule has 8 unspecified atom stereocenters. The number of aliphatic hydroxyl groups excluding tert-OH is 6. The molecule has 1 aliphatic heterocycles. The van der Waals surface area contributed by atoms with Crippen LogP contribution in [0.3, 0.4) is 0 Å². The first-order valence-electron chi connectivity index (χ1n) is 8.33. The fourth-order valence-corrected chi connectivity index (χ4v) is 2.63. The van der Waals surface area contributed by atoms with Crippen LogP contribution in [0.15, 0.2) is 0 Å². The highest BCUT2D eigenvalue weighted by Gasteiger charge is 2.46. The van der Waals surface area contributed by atoms with Gasteiger partial charge in [0.05, 0.1) is 19.3 Å². The van der Waals surface area contributed by atoms with Crippen LogP contribution >= 0.6 is 0 Å². The molecule has 0 aromatic carbocycles. The summed E-state index contributed by atoms with van der Waals surface area (Å²) in [5.74, 6) is -0.681. The van der Waals surface area contributed by atoms with E-state index in [4.69, 9.17) is 24.1 Å². The van der Waals surface area contributed by atoms with Gasteiger partial charge >= 0.3 is 0 Å². The Labute approximate surface area is 156 Å². The van der Waals surface area contributed by atoms with Crippen molar-refractivity contribution < 1.29 is 54.4 Å². The molecule has 1 aliphatic rings. The third-order valence-electron chi connectivity index (χ3n) is 4.19. The van der Waals surface area contributed by atoms with E-state index in [1.165, 1.54) is 14.2 Å². The smallest absolute Gasteiger partial charge is 0.246 e. The molecule has 0 aliphatic carbocycles. The van der Waals surface area contributed by atoms with Crippen LogP contribution in [0.2, 0.25) is 0 Å². The van der Waals surface area contributed by atoms with Gasteiger partial charge in [0.25, 0.3) is 0 Å². The minimum absolute atomic E-state index is 0.398. The summed E-state index contributed by atoms with van der Waals surface area (Å²) in [6, 6.07) is 0. The van der Waals surface area contributed by atoms with Gasteiger partial charge in [0.15, 0.2) is 6.29 Å². The number of hydrogen-bond donors (Lipinski definition) is 7. The zero-order chi connectivity index (χ0) is 20.6. The molecule has 0 aromatic heterocycles. The molecule has 0 radical (unpaired) electrons. The van der Waals surface area contributed by atoms with Crippen molar-refractivity contribution in [3.63, 3.8) is 0 Å². The monoisotopic (exact) mass is 399 g/mol. The Morgan fingerprint density at radius 3 is 2.30 bits per heavy atom. The zero-order valence-corrected chi connectivity index (χ0v) is 15.2. The highest BCUT2D eigenvalue weighted by atomic mass is 16.7. The summed E-state index contributed by atoms with van der Waals surface area (Å²) >= 11 is 0. The van der Waals surface area contributed by atoms with E-state index >= 15 is 0 Å². The summed E-state index contributed by atoms with van der Waals surface area (Å²) < 4.78 is 20.9. The minimum atomic E-state index is -1.64. The SMILES string of the molecule is COC1OC(CO)C(OC)C(O)C1OCC(=O)NCC(O)C(O)C(O)CO. The average molecular weight is 399 g/mol. The second-order valence-electron chi connectivity index (χ2n) is 6.04. The van der Waals surface area contributed by atoms with E-state index in [0.717, 1.165) is 0 Å². The van der Waals surface area contributed by atoms with E-state index < -0.39 is 81.3 Å². The second kappa shape index (κ2) is 11.8. The van der Waals surface area contributed by atoms with Crippen LogP contribution in [0.25, 0.3) is 0 Å². The van der Waals surface area contributed by atoms with Gasteiger partial charge in [-0.05, 0) is 0 Å². The first-order chi connectivity index (χ1) is 12.8. The van der Waals surface area contributed by atoms with Gasteiger partial charge in [0.1, 0.15) is 43.2 Å². The van der Waals surface area contributed by atoms with E-state index in [0.29, 0.717) is 0 Å². The van der Waals surface area contributed by atoms with Crippen LogP contribution in [0.1, 0.15) is 0 Å². The summed E-state index contributed by atoms with van der Waals surface area (Å²) in [5, 5.41) is 59.0. The van der Waals surface area contributed by atoms with Crippen molar-refractivity contribution in [3.05, 3.63) is 0 Å². The Kier molecular flexibility index (Phi) is 10.5. The van der Waals surface area contributed by atoms with E-state index in [1.807, 2.05) is 0 Å². The van der Waals surface area contributed by atoms with E-state index in [9.17, 15) is 30.3 Å². The Hall–Kier alpha value is -0.930. The molecule has 1 fully saturated rings. The number of rotatable bonds is 11. The summed E-state index contributed by atoms with van der Waals surface area (Å²) in [6.45, 7) is -2.09. The van der Waals surface area contributed by atoms with E-state index in [1.54, 1.807) is 0 Å². The van der Waals surface area contributed by atoms with Crippen molar-refractivity contribution in [1.82, 2.24) is 5.32 Å². The van der Waals surface area contributed by atoms with Crippen LogP contribution in [-0.4, -0.2) is 126 Å². The molecule has 12 heteroatoms. The number of nitrogens with one attached hydrogen (secondary N) is 1. The van der Waals surface area contributed by atoms with E-state index in [2.05, 4.69) is 5.32 Å². The normalized spacial score (nSPS) is 31.9. The van der Waals surface area contributed by atoms with Crippen LogP contribution < -0.4 is 5.32 Å². The lowest BCUT2D eigenvalue weighted by Gasteiger charge is -2.42. The van der Waals surface area contributed by atoms with Crippen LogP contribution in [0.5, 0.6) is 0 Å². The average Bonchev–Trinajstić information content (AvgIpc) is 2.68. The standard InChI is InChI=1S/C15H29NO11/c1-24-13-9(5-18)27-15(25-2)14(12(13)23)26-6-10(21)16-3-7(19)11(22)8(20)4-17/h7-9,11-15,17-20,22-23H,3-6H2,1-2H3,(H,16,21). The topological polar surface area (TPSA) is 187 Å². The number of hydrogen-bond acceptors (Lipinski definition) is 11. The molecule has 12 nitrogen and oxygen atoms in total. The second-order valence-corrected chi connectivity index (χ2v) is 6.04. The predicted molar refractivity (Wildman–Crippen MR) is 87.4 cm³/mol. The van der Waals surface area contributed by atoms with Gasteiger partial charge in [-0.15, -0.1) is 0 Å². The van der Waals surface area contributed by atoms with E-state index in [-0.39, 0.29) is 0 Å². The van der Waals surface area contributed by atoms with Gasteiger partial charge in [-0.25, -0.2) is 0 Å². The molecule has 0 bridgehead atoms. The summed E-state index contributed by atoms with van der Waals surface area (Å²) in [7, 11) is 2.63. The molecular weight excluding hydrogens is 370 g/mol. The van der Waals surface area contributed by atoms with Crippen molar-refractivity contribution >= 4 is 5.91 Å². The zero-order valence-electron chi connectivity index (χ0n) is 15.2. The molecule has 1 amide bonds. The molecule has 1 rings (SSSR count). The van der Waals surface area contributed by atoms with Gasteiger partial charge in [-0.2, -0.15) is 0 Å². The number of ether oxygens (including phenoxy) is 4. The lowest BCUT2D eigenvalue weighted by Crippen LogP contribution is -2.60. The molecule has 1 saturated heterocycles. The molecule has 1 heterocycles. The molecular formula is C15H29NO11. The van der Waals surface area contributed by atoms with Crippen LogP contribution in [-0.2, 0) is 23.7 Å². The van der Waals surface area contributed by atoms with Crippen LogP contribution in [0.4, 0.5) is 0 Å². The maximum absolute atomic E-state index is 11.9. The highest BCUT2D eigenvalue weighted by Crippen LogP contribution is 2.25. The third kappa shape index (κ3) is 6.57. The lowest BCUT2D eigenvalue weighted by molar-refractivity contribution is -0.305. The first kappa shape index (κ1) is 24.1. The van der Waals surface area contributed by atoms with Crippen molar-refractivity contribution in [1.29, 1.82) is 0 Å². The molecule has 27 heavy (non-hydrogen) atoms. The summed E-state index contributed by atoms with van der Waals surface area (Å²) in [5.41, 5.74) is 0. The lowest BCUT2D eigenvalue weighted by atomic mass is 9.99. The minimum Gasteiger partial charge on any atom is -0.394 e. The molecule has 0 aromatic rings. The molecule has 8 atom stereocenters. The number of carbonyl (C=O) groups excluding carboxylic acids is 1. The molecule has 0 spiro atoms. The number of carbonyl (C=O) groups is 1. The predicted octanol–water partition coefficient (Wildman–Crippen LogP) is -4.70. The van der Waals surface area contributed by atoms with Crippen molar-refractivity contribution in [3.8, 4) is 0 Å². The van der Waals surface area contributed by atoms with Crippen molar-refractivity contribution in [2.24, 2.45) is 0 Å². The Morgan fingerprint density at radius 2 is 1.78 bits per heavy atom. The fourth-order valence-electron chi connectivity index (χ4n) is 2.63. The Balaban J connectivity index is 2.53. The Bertz CT molecular complexity index is 440. The summed E-state index contributed by atoms with van der Waals surface area (Å²) in [6.07, 6.45) is -9.80. The third-order valence-corrected chi connectivity index (χ3v) is 4.19. The number of aliphatic hydroxyl groups is 6. The quantitative estimate of drug-likeness (QED) is 0.177. The van der Waals surface area contributed by atoms with Crippen molar-refractivity contribution in [2.45, 2.75) is 49.0 Å². The molecule has 160 valence electrons. The molecule has 0 saturated carbocycles. The summed E-state index contributed by atoms with van der Waals surface area (Å²) in [4.78, 5) is 11.9. The van der Waals surface area contributed by atoms with Gasteiger partial charge in [-0.3, -0.25) is 4.79 Å². The number of methoxy groups -OCH3 is 2. The molecule has 7 N–H and O–H groups in total. The Morgan fingerprint density at radius 1 is 1.11 bits per heavy atom. The maximum atomic E-state index is 11.9. The van der Waals surface area contributed by atoms with Gasteiger partial charge < -0.3 is 54.9 Å². The number of amides is 1. The highest BCUT2D eigenvalue weighted by molar-refractivity contribution is 5.77. The first-order valence-corrected chi connectivity index (χ1v) is 8.33. The van der Waals surface area contributed by atoms with Gasteiger partial charge in [0.2, 0.25) is 5.91 Å². The maximum Gasteiger partial charge on any atom is 0.246 e. The largest absolute Gasteiger partial charge is 0.394 e.